The molecule has 1 unspecified atom stereocenters. The normalized spacial score (nSPS) is 20.2. The number of hydrogen-bond donors (Lipinski definition) is 1. The predicted octanol–water partition coefficient (Wildman–Crippen LogP) is 3.90. The van der Waals surface area contributed by atoms with Gasteiger partial charge in [-0.05, 0) is 36.6 Å². The molecule has 3 heteroatoms. The SMILES string of the molecule is Cc1csc(C(N)C2CCCC2)c1Cl. The molecule has 1 aromatic rings. The molecule has 0 spiro atoms. The summed E-state index contributed by atoms with van der Waals surface area (Å²) in [6, 6.07) is 0.170. The third-order valence-corrected chi connectivity index (χ3v) is 4.95. The third kappa shape index (κ3) is 1.83. The second kappa shape index (κ2) is 4.21. The van der Waals surface area contributed by atoms with Crippen LogP contribution in [-0.4, -0.2) is 0 Å². The summed E-state index contributed by atoms with van der Waals surface area (Å²) < 4.78 is 0. The smallest absolute Gasteiger partial charge is 0.0590 e. The summed E-state index contributed by atoms with van der Waals surface area (Å²) in [7, 11) is 0. The first kappa shape index (κ1) is 10.5. The van der Waals surface area contributed by atoms with Crippen molar-refractivity contribution in [2.24, 2.45) is 11.7 Å². The van der Waals surface area contributed by atoms with Crippen LogP contribution in [0.5, 0.6) is 0 Å². The minimum Gasteiger partial charge on any atom is -0.323 e. The molecule has 0 radical (unpaired) electrons. The molecule has 0 aromatic carbocycles. The van der Waals surface area contributed by atoms with E-state index in [4.69, 9.17) is 17.3 Å². The second-order valence-electron chi connectivity index (χ2n) is 4.17. The second-order valence-corrected chi connectivity index (χ2v) is 5.46. The Kier molecular flexibility index (Phi) is 3.15. The standard InChI is InChI=1S/C11H16ClNS/c1-7-6-14-11(9(7)12)10(13)8-4-2-3-5-8/h6,8,10H,2-5,13H2,1H3. The highest BCUT2D eigenvalue weighted by atomic mass is 35.5. The van der Waals surface area contributed by atoms with Crippen LogP contribution < -0.4 is 5.73 Å². The summed E-state index contributed by atoms with van der Waals surface area (Å²) >= 11 is 7.93. The summed E-state index contributed by atoms with van der Waals surface area (Å²) in [6.07, 6.45) is 5.21. The fourth-order valence-corrected chi connectivity index (χ4v) is 3.62. The van der Waals surface area contributed by atoms with E-state index in [2.05, 4.69) is 5.38 Å². The van der Waals surface area contributed by atoms with Crippen molar-refractivity contribution in [2.45, 2.75) is 38.6 Å². The molecule has 1 aliphatic rings. The lowest BCUT2D eigenvalue weighted by Crippen LogP contribution is -2.18. The Morgan fingerprint density at radius 3 is 2.64 bits per heavy atom. The number of hydrogen-bond acceptors (Lipinski definition) is 2. The van der Waals surface area contributed by atoms with Crippen LogP contribution in [0.15, 0.2) is 5.38 Å². The summed E-state index contributed by atoms with van der Waals surface area (Å²) in [5.74, 6) is 0.658. The summed E-state index contributed by atoms with van der Waals surface area (Å²) in [5, 5.41) is 3.00. The Morgan fingerprint density at radius 2 is 2.14 bits per heavy atom. The van der Waals surface area contributed by atoms with Crippen LogP contribution in [0.1, 0.15) is 42.2 Å². The maximum Gasteiger partial charge on any atom is 0.0590 e. The molecular formula is C11H16ClNS. The van der Waals surface area contributed by atoms with Gasteiger partial charge >= 0.3 is 0 Å². The zero-order valence-corrected chi connectivity index (χ0v) is 10.00. The van der Waals surface area contributed by atoms with Crippen molar-refractivity contribution in [1.82, 2.24) is 0 Å². The van der Waals surface area contributed by atoms with Gasteiger partial charge in [-0.15, -0.1) is 11.3 Å². The highest BCUT2D eigenvalue weighted by Gasteiger charge is 2.26. The van der Waals surface area contributed by atoms with E-state index in [-0.39, 0.29) is 6.04 Å². The van der Waals surface area contributed by atoms with Gasteiger partial charge in [0.1, 0.15) is 0 Å². The number of aryl methyl sites for hydroxylation is 1. The molecule has 1 aliphatic carbocycles. The summed E-state index contributed by atoms with van der Waals surface area (Å²) in [4.78, 5) is 1.19. The van der Waals surface area contributed by atoms with Crippen molar-refractivity contribution >= 4 is 22.9 Å². The summed E-state index contributed by atoms with van der Waals surface area (Å²) in [5.41, 5.74) is 7.41. The van der Waals surface area contributed by atoms with Crippen LogP contribution in [0.25, 0.3) is 0 Å². The van der Waals surface area contributed by atoms with Gasteiger partial charge in [0.15, 0.2) is 0 Å². The van der Waals surface area contributed by atoms with Gasteiger partial charge in [0.2, 0.25) is 0 Å². The minimum absolute atomic E-state index is 0.170. The van der Waals surface area contributed by atoms with E-state index in [9.17, 15) is 0 Å². The van der Waals surface area contributed by atoms with E-state index in [1.54, 1.807) is 11.3 Å². The van der Waals surface area contributed by atoms with Crippen LogP contribution in [-0.2, 0) is 0 Å². The van der Waals surface area contributed by atoms with E-state index < -0.39 is 0 Å². The first-order valence-corrected chi connectivity index (χ1v) is 6.45. The number of rotatable bonds is 2. The Morgan fingerprint density at radius 1 is 1.50 bits per heavy atom. The maximum atomic E-state index is 6.24. The number of thiophene rings is 1. The molecule has 78 valence electrons. The monoisotopic (exact) mass is 229 g/mol. The van der Waals surface area contributed by atoms with Crippen molar-refractivity contribution in [2.75, 3.05) is 0 Å². The van der Waals surface area contributed by atoms with Crippen molar-refractivity contribution < 1.29 is 0 Å². The molecular weight excluding hydrogens is 214 g/mol. The third-order valence-electron chi connectivity index (χ3n) is 3.14. The Bertz CT molecular complexity index is 315. The van der Waals surface area contributed by atoms with Crippen molar-refractivity contribution in [3.8, 4) is 0 Å². The lowest BCUT2D eigenvalue weighted by atomic mass is 9.97. The Balaban J connectivity index is 2.17. The minimum atomic E-state index is 0.170. The summed E-state index contributed by atoms with van der Waals surface area (Å²) in [6.45, 7) is 2.05. The molecule has 1 atom stereocenters. The number of halogens is 1. The van der Waals surface area contributed by atoms with E-state index >= 15 is 0 Å². The van der Waals surface area contributed by atoms with Crippen molar-refractivity contribution in [1.29, 1.82) is 0 Å². The van der Waals surface area contributed by atoms with Gasteiger partial charge < -0.3 is 5.73 Å². The highest BCUT2D eigenvalue weighted by Crippen LogP contribution is 2.40. The average Bonchev–Trinajstić information content (AvgIpc) is 2.77. The maximum absolute atomic E-state index is 6.24. The fourth-order valence-electron chi connectivity index (χ4n) is 2.21. The van der Waals surface area contributed by atoms with Crippen LogP contribution in [0.3, 0.4) is 0 Å². The van der Waals surface area contributed by atoms with Gasteiger partial charge in [-0.2, -0.15) is 0 Å². The van der Waals surface area contributed by atoms with E-state index in [0.29, 0.717) is 5.92 Å². The van der Waals surface area contributed by atoms with Gasteiger partial charge in [-0.3, -0.25) is 0 Å². The van der Waals surface area contributed by atoms with Crippen LogP contribution in [0.4, 0.5) is 0 Å². The van der Waals surface area contributed by atoms with Crippen molar-refractivity contribution in [3.63, 3.8) is 0 Å². The van der Waals surface area contributed by atoms with Crippen LogP contribution in [0.2, 0.25) is 5.02 Å². The van der Waals surface area contributed by atoms with E-state index in [0.717, 1.165) is 5.02 Å². The predicted molar refractivity (Wildman–Crippen MR) is 63.0 cm³/mol. The van der Waals surface area contributed by atoms with Crippen LogP contribution in [0, 0.1) is 12.8 Å². The molecule has 0 bridgehead atoms. The Hall–Kier alpha value is -0.0500. The highest BCUT2D eigenvalue weighted by molar-refractivity contribution is 7.10. The van der Waals surface area contributed by atoms with Gasteiger partial charge in [-0.1, -0.05) is 24.4 Å². The molecule has 1 saturated carbocycles. The number of nitrogens with two attached hydrogens (primary N) is 1. The quantitative estimate of drug-likeness (QED) is 0.818. The molecule has 0 amide bonds. The molecule has 1 heterocycles. The molecule has 1 fully saturated rings. The molecule has 14 heavy (non-hydrogen) atoms. The van der Waals surface area contributed by atoms with E-state index in [1.807, 2.05) is 6.92 Å². The largest absolute Gasteiger partial charge is 0.323 e. The molecule has 2 N–H and O–H groups in total. The first-order valence-electron chi connectivity index (χ1n) is 5.19. The lowest BCUT2D eigenvalue weighted by molar-refractivity contribution is 0.450. The molecule has 1 nitrogen and oxygen atoms in total. The van der Waals surface area contributed by atoms with Gasteiger partial charge in [-0.25, -0.2) is 0 Å². The molecule has 1 aromatic heterocycles. The first-order chi connectivity index (χ1) is 6.70. The Labute approximate surface area is 94.3 Å². The van der Waals surface area contributed by atoms with Crippen molar-refractivity contribution in [3.05, 3.63) is 20.8 Å². The lowest BCUT2D eigenvalue weighted by Gasteiger charge is -2.17. The van der Waals surface area contributed by atoms with Gasteiger partial charge in [0, 0.05) is 10.9 Å². The van der Waals surface area contributed by atoms with Gasteiger partial charge in [0.25, 0.3) is 0 Å². The molecule has 0 saturated heterocycles. The zero-order chi connectivity index (χ0) is 10.1. The molecule has 0 aliphatic heterocycles. The average molecular weight is 230 g/mol. The fraction of sp³-hybridized carbons (Fsp3) is 0.636. The topological polar surface area (TPSA) is 26.0 Å². The van der Waals surface area contributed by atoms with Gasteiger partial charge in [0.05, 0.1) is 5.02 Å². The molecule has 2 rings (SSSR count). The van der Waals surface area contributed by atoms with Crippen LogP contribution >= 0.6 is 22.9 Å². The zero-order valence-electron chi connectivity index (χ0n) is 8.42. The van der Waals surface area contributed by atoms with E-state index in [1.165, 1.54) is 36.1 Å².